The molecule has 0 saturated carbocycles. The van der Waals surface area contributed by atoms with Crippen molar-refractivity contribution in [2.75, 3.05) is 32.0 Å². The summed E-state index contributed by atoms with van der Waals surface area (Å²) < 4.78 is 27.6. The van der Waals surface area contributed by atoms with Gasteiger partial charge in [-0.1, -0.05) is 18.2 Å². The summed E-state index contributed by atoms with van der Waals surface area (Å²) >= 11 is 0. The first kappa shape index (κ1) is 20.7. The zero-order valence-corrected chi connectivity index (χ0v) is 18.2. The van der Waals surface area contributed by atoms with Crippen LogP contribution in [-0.4, -0.2) is 60.2 Å². The van der Waals surface area contributed by atoms with Crippen molar-refractivity contribution < 1.29 is 13.2 Å². The van der Waals surface area contributed by atoms with Crippen LogP contribution in [0, 0.1) is 0 Å². The monoisotopic (exact) mass is 429 g/mol. The molecule has 2 aliphatic rings. The summed E-state index contributed by atoms with van der Waals surface area (Å²) in [6.07, 6.45) is 2.38. The summed E-state index contributed by atoms with van der Waals surface area (Å²) in [5.41, 5.74) is 1.72. The number of fused-ring (bicyclic) bond motifs is 1. The highest BCUT2D eigenvalue weighted by molar-refractivity contribution is 7.89. The summed E-state index contributed by atoms with van der Waals surface area (Å²) in [4.78, 5) is 23.5. The molecule has 1 aromatic carbocycles. The number of anilines is 1. The fourth-order valence-electron chi connectivity index (χ4n) is 4.24. The molecule has 0 aliphatic carbocycles. The number of carbonyl (C=O) groups excluding carboxylic acids is 1. The molecule has 9 heteroatoms. The van der Waals surface area contributed by atoms with E-state index in [0.717, 1.165) is 36.5 Å². The third-order valence-corrected chi connectivity index (χ3v) is 7.76. The second kappa shape index (κ2) is 8.31. The van der Waals surface area contributed by atoms with E-state index in [0.29, 0.717) is 30.2 Å². The molecule has 1 fully saturated rings. The molecular weight excluding hydrogens is 402 g/mol. The van der Waals surface area contributed by atoms with Gasteiger partial charge in [-0.25, -0.2) is 18.4 Å². The average molecular weight is 430 g/mol. The van der Waals surface area contributed by atoms with Crippen LogP contribution in [0.15, 0.2) is 35.2 Å². The number of benzene rings is 1. The molecule has 1 saturated heterocycles. The van der Waals surface area contributed by atoms with Crippen molar-refractivity contribution in [3.8, 4) is 0 Å². The highest BCUT2D eigenvalue weighted by Crippen LogP contribution is 2.31. The molecular formula is C21H27N5O3S. The van der Waals surface area contributed by atoms with E-state index < -0.39 is 10.0 Å². The third kappa shape index (κ3) is 3.91. The molecule has 2 aromatic rings. The average Bonchev–Trinajstić information content (AvgIpc) is 2.78. The van der Waals surface area contributed by atoms with Crippen molar-refractivity contribution in [2.24, 2.45) is 0 Å². The minimum Gasteiger partial charge on any atom is -0.373 e. The molecule has 4 rings (SSSR count). The first-order valence-corrected chi connectivity index (χ1v) is 11.7. The molecule has 3 heterocycles. The van der Waals surface area contributed by atoms with Crippen LogP contribution in [0.3, 0.4) is 0 Å². The highest BCUT2D eigenvalue weighted by atomic mass is 32.2. The van der Waals surface area contributed by atoms with Gasteiger partial charge in [0.1, 0.15) is 11.6 Å². The fourth-order valence-corrected chi connectivity index (χ4v) is 5.66. The lowest BCUT2D eigenvalue weighted by Crippen LogP contribution is -2.39. The van der Waals surface area contributed by atoms with Crippen molar-refractivity contribution in [2.45, 2.75) is 43.5 Å². The van der Waals surface area contributed by atoms with Crippen LogP contribution in [0.5, 0.6) is 0 Å². The molecule has 1 amide bonds. The van der Waals surface area contributed by atoms with E-state index in [1.54, 1.807) is 37.3 Å². The Labute approximate surface area is 177 Å². The minimum absolute atomic E-state index is 0.0566. The van der Waals surface area contributed by atoms with Gasteiger partial charge in [-0.15, -0.1) is 0 Å². The standard InChI is InChI=1S/C21H27N5O3S/c1-15(27)25-11-6-7-16(13-25)20-23-19-14-26(12-10-18(19)21(22-2)24-20)30(28,29)17-8-4-3-5-9-17/h3-5,8-9,16H,6-7,10-14H2,1-2H3,(H,22,23,24)/t16-/m0/s1. The van der Waals surface area contributed by atoms with Gasteiger partial charge in [0.05, 0.1) is 17.1 Å². The molecule has 0 bridgehead atoms. The smallest absolute Gasteiger partial charge is 0.243 e. The van der Waals surface area contributed by atoms with Gasteiger partial charge >= 0.3 is 0 Å². The summed E-state index contributed by atoms with van der Waals surface area (Å²) in [5, 5.41) is 3.15. The number of hydrogen-bond donors (Lipinski definition) is 1. The quantitative estimate of drug-likeness (QED) is 0.799. The Balaban J connectivity index is 1.65. The lowest BCUT2D eigenvalue weighted by Gasteiger charge is -2.33. The van der Waals surface area contributed by atoms with Crippen LogP contribution < -0.4 is 5.32 Å². The fraction of sp³-hybridized carbons (Fsp3) is 0.476. The van der Waals surface area contributed by atoms with Crippen LogP contribution in [0.2, 0.25) is 0 Å². The van der Waals surface area contributed by atoms with Gasteiger partial charge in [-0.05, 0) is 31.4 Å². The lowest BCUT2D eigenvalue weighted by molar-refractivity contribution is -0.130. The molecule has 0 unspecified atom stereocenters. The maximum absolute atomic E-state index is 13.1. The number of nitrogens with one attached hydrogen (secondary N) is 1. The Hall–Kier alpha value is -2.52. The summed E-state index contributed by atoms with van der Waals surface area (Å²) in [6.45, 7) is 3.56. The van der Waals surface area contributed by atoms with E-state index in [-0.39, 0.29) is 18.4 Å². The molecule has 160 valence electrons. The minimum atomic E-state index is -3.58. The largest absolute Gasteiger partial charge is 0.373 e. The molecule has 1 N–H and O–H groups in total. The van der Waals surface area contributed by atoms with Crippen LogP contribution in [0.1, 0.15) is 42.8 Å². The van der Waals surface area contributed by atoms with Gasteiger partial charge in [0.25, 0.3) is 0 Å². The summed E-state index contributed by atoms with van der Waals surface area (Å²) in [6, 6.07) is 8.50. The van der Waals surface area contributed by atoms with Crippen molar-refractivity contribution in [1.82, 2.24) is 19.2 Å². The highest BCUT2D eigenvalue weighted by Gasteiger charge is 2.32. The second-order valence-electron chi connectivity index (χ2n) is 7.81. The number of hydrogen-bond acceptors (Lipinski definition) is 6. The SMILES string of the molecule is CNc1nc([C@H]2CCCN(C(C)=O)C2)nc2c1CCN(S(=O)(=O)c1ccccc1)C2. The maximum Gasteiger partial charge on any atom is 0.243 e. The van der Waals surface area contributed by atoms with Crippen molar-refractivity contribution in [3.05, 3.63) is 47.4 Å². The molecule has 1 aromatic heterocycles. The Morgan fingerprint density at radius 2 is 1.93 bits per heavy atom. The first-order valence-electron chi connectivity index (χ1n) is 10.3. The van der Waals surface area contributed by atoms with E-state index in [1.165, 1.54) is 4.31 Å². The number of piperidine rings is 1. The Bertz CT molecular complexity index is 1040. The van der Waals surface area contributed by atoms with Gasteiger partial charge < -0.3 is 10.2 Å². The molecule has 30 heavy (non-hydrogen) atoms. The molecule has 0 spiro atoms. The van der Waals surface area contributed by atoms with Crippen LogP contribution in [-0.2, 0) is 27.8 Å². The summed E-state index contributed by atoms with van der Waals surface area (Å²) in [7, 11) is -1.76. The number of nitrogens with zero attached hydrogens (tertiary/aromatic N) is 4. The first-order chi connectivity index (χ1) is 14.4. The van der Waals surface area contributed by atoms with Gasteiger partial charge in [0.15, 0.2) is 0 Å². The van der Waals surface area contributed by atoms with E-state index in [4.69, 9.17) is 9.97 Å². The number of aromatic nitrogens is 2. The van der Waals surface area contributed by atoms with Crippen molar-refractivity contribution >= 4 is 21.7 Å². The lowest BCUT2D eigenvalue weighted by atomic mass is 9.96. The summed E-state index contributed by atoms with van der Waals surface area (Å²) in [5.74, 6) is 1.56. The predicted molar refractivity (Wildman–Crippen MR) is 114 cm³/mol. The van der Waals surface area contributed by atoms with Crippen LogP contribution in [0.4, 0.5) is 5.82 Å². The molecule has 8 nitrogen and oxygen atoms in total. The molecule has 2 aliphatic heterocycles. The van der Waals surface area contributed by atoms with Crippen LogP contribution >= 0.6 is 0 Å². The van der Waals surface area contributed by atoms with Gasteiger partial charge in [0.2, 0.25) is 15.9 Å². The van der Waals surface area contributed by atoms with E-state index >= 15 is 0 Å². The normalized spacial score (nSPS) is 19.9. The van der Waals surface area contributed by atoms with Crippen LogP contribution in [0.25, 0.3) is 0 Å². The van der Waals surface area contributed by atoms with Crippen molar-refractivity contribution in [1.29, 1.82) is 0 Å². The number of sulfonamides is 1. The maximum atomic E-state index is 13.1. The predicted octanol–water partition coefficient (Wildman–Crippen LogP) is 1.99. The number of likely N-dealkylation sites (tertiary alicyclic amines) is 1. The number of rotatable bonds is 4. The van der Waals surface area contributed by atoms with Gasteiger partial charge in [-0.3, -0.25) is 4.79 Å². The Morgan fingerprint density at radius 3 is 2.63 bits per heavy atom. The van der Waals surface area contributed by atoms with Gasteiger partial charge in [-0.2, -0.15) is 4.31 Å². The molecule has 1 atom stereocenters. The zero-order chi connectivity index (χ0) is 21.3. The Morgan fingerprint density at radius 1 is 1.17 bits per heavy atom. The topological polar surface area (TPSA) is 95.5 Å². The van der Waals surface area contributed by atoms with E-state index in [2.05, 4.69) is 5.32 Å². The number of amides is 1. The Kier molecular flexibility index (Phi) is 5.75. The number of carbonyl (C=O) groups is 1. The van der Waals surface area contributed by atoms with Gasteiger partial charge in [0, 0.05) is 45.1 Å². The van der Waals surface area contributed by atoms with E-state index in [9.17, 15) is 13.2 Å². The third-order valence-electron chi connectivity index (χ3n) is 5.90. The zero-order valence-electron chi connectivity index (χ0n) is 17.3. The van der Waals surface area contributed by atoms with Crippen molar-refractivity contribution in [3.63, 3.8) is 0 Å². The second-order valence-corrected chi connectivity index (χ2v) is 9.75. The molecule has 0 radical (unpaired) electrons. The van der Waals surface area contributed by atoms with E-state index in [1.807, 2.05) is 11.9 Å².